The molecule has 0 aliphatic carbocycles. The molecule has 1 aromatic heterocycles. The van der Waals surface area contributed by atoms with Gasteiger partial charge in [-0.2, -0.15) is 28.1 Å². The number of rotatable bonds is 6. The number of ether oxygens (including phenoxy) is 4. The maximum Gasteiger partial charge on any atom is 0.422 e. The molecular weight excluding hydrogens is 585 g/mol. The highest BCUT2D eigenvalue weighted by Gasteiger charge is 2.29. The lowest BCUT2D eigenvalue weighted by molar-refractivity contribution is -0.154. The number of methoxy groups -OCH3 is 1. The van der Waals surface area contributed by atoms with Crippen molar-refractivity contribution in [3.63, 3.8) is 0 Å². The molecule has 3 N–H and O–H groups in total. The van der Waals surface area contributed by atoms with Crippen LogP contribution in [0.1, 0.15) is 48.0 Å². The Morgan fingerprint density at radius 3 is 2.41 bits per heavy atom. The number of fused-ring (bicyclic) bond motifs is 10. The third-order valence-electron chi connectivity index (χ3n) is 6.24. The fraction of sp³-hybridized carbons (Fsp3) is 0.414. The van der Waals surface area contributed by atoms with Gasteiger partial charge in [0, 0.05) is 24.8 Å². The lowest BCUT2D eigenvalue weighted by Crippen LogP contribution is -2.27. The molecular formula is C29H33F3N6O6. The number of halogens is 3. The molecule has 1 amide bonds. The zero-order valence-corrected chi connectivity index (χ0v) is 24.0. The molecule has 0 unspecified atom stereocenters. The molecule has 0 radical (unpaired) electrons. The predicted octanol–water partition coefficient (Wildman–Crippen LogP) is 4.79. The summed E-state index contributed by atoms with van der Waals surface area (Å²) in [7, 11) is 1.26. The van der Waals surface area contributed by atoms with E-state index in [1.807, 2.05) is 24.3 Å². The Bertz CT molecular complexity index is 1410. The Balaban J connectivity index is 1.60. The Morgan fingerprint density at radius 2 is 1.68 bits per heavy atom. The van der Waals surface area contributed by atoms with E-state index in [1.54, 1.807) is 12.1 Å². The van der Waals surface area contributed by atoms with Gasteiger partial charge in [-0.15, -0.1) is 0 Å². The van der Waals surface area contributed by atoms with Gasteiger partial charge < -0.3 is 34.9 Å². The minimum absolute atomic E-state index is 0.000902. The van der Waals surface area contributed by atoms with Crippen LogP contribution in [-0.4, -0.2) is 66.5 Å². The number of carbonyl (C=O) groups excluding carboxylic acids is 2. The second-order valence-electron chi connectivity index (χ2n) is 9.70. The maximum atomic E-state index is 12.9. The fourth-order valence-corrected chi connectivity index (χ4v) is 4.03. The van der Waals surface area contributed by atoms with Crippen LogP contribution in [-0.2, 0) is 16.1 Å². The van der Waals surface area contributed by atoms with E-state index < -0.39 is 30.7 Å². The monoisotopic (exact) mass is 618 g/mol. The van der Waals surface area contributed by atoms with Crippen molar-refractivity contribution in [2.75, 3.05) is 44.1 Å². The molecule has 0 atom stereocenters. The third-order valence-corrected chi connectivity index (χ3v) is 6.24. The first-order valence-electron chi connectivity index (χ1n) is 14.0. The Labute approximate surface area is 251 Å². The molecule has 6 bridgehead atoms. The minimum atomic E-state index is -4.60. The number of hydrogen-bond acceptors (Lipinski definition) is 11. The number of alkyl halides is 3. The summed E-state index contributed by atoms with van der Waals surface area (Å²) < 4.78 is 59.8. The molecule has 3 heterocycles. The van der Waals surface area contributed by atoms with Gasteiger partial charge in [-0.3, -0.25) is 9.59 Å². The summed E-state index contributed by atoms with van der Waals surface area (Å²) in [5.41, 5.74) is 1.48. The van der Waals surface area contributed by atoms with E-state index in [0.29, 0.717) is 24.7 Å². The van der Waals surface area contributed by atoms with Gasteiger partial charge in [0.05, 0.1) is 32.3 Å². The van der Waals surface area contributed by atoms with Crippen LogP contribution < -0.4 is 30.2 Å². The van der Waals surface area contributed by atoms with Crippen molar-refractivity contribution in [2.45, 2.75) is 44.8 Å². The Hall–Kier alpha value is -4.82. The number of hydrogen-bond donors (Lipinski definition) is 3. The SMILES string of the molecule is COC(=O)CCNC(=O)c1ccc2cc1OCCCCCCOc1ccc(cc1)CNc1nc(nc(OCC(F)(F)F)n1)N2. The first-order chi connectivity index (χ1) is 21.2. The summed E-state index contributed by atoms with van der Waals surface area (Å²) in [5, 5.41) is 8.57. The molecule has 12 nitrogen and oxygen atoms in total. The third kappa shape index (κ3) is 10.5. The van der Waals surface area contributed by atoms with Crippen LogP contribution in [0.25, 0.3) is 0 Å². The highest BCUT2D eigenvalue weighted by atomic mass is 19.4. The number of aromatic nitrogens is 3. The van der Waals surface area contributed by atoms with Crippen molar-refractivity contribution in [3.8, 4) is 17.5 Å². The first kappa shape index (κ1) is 32.1. The van der Waals surface area contributed by atoms with Gasteiger partial charge in [0.1, 0.15) is 11.5 Å². The molecule has 0 spiro atoms. The number of amides is 1. The molecule has 3 aromatic rings. The molecule has 2 aliphatic heterocycles. The van der Waals surface area contributed by atoms with Crippen molar-refractivity contribution >= 4 is 29.5 Å². The number of carbonyl (C=O) groups is 2. The van der Waals surface area contributed by atoms with Crippen molar-refractivity contribution in [2.24, 2.45) is 0 Å². The molecule has 15 heteroatoms. The van der Waals surface area contributed by atoms with Gasteiger partial charge in [0.25, 0.3) is 5.91 Å². The molecule has 2 aromatic carbocycles. The van der Waals surface area contributed by atoms with Crippen molar-refractivity contribution in [1.29, 1.82) is 0 Å². The average molecular weight is 619 g/mol. The van der Waals surface area contributed by atoms with E-state index in [2.05, 4.69) is 35.6 Å². The number of esters is 1. The number of nitrogens with zero attached hydrogens (tertiary/aromatic N) is 3. The lowest BCUT2D eigenvalue weighted by atomic mass is 10.1. The smallest absolute Gasteiger partial charge is 0.422 e. The minimum Gasteiger partial charge on any atom is -0.494 e. The van der Waals surface area contributed by atoms with Gasteiger partial charge in [-0.1, -0.05) is 12.1 Å². The van der Waals surface area contributed by atoms with Crippen molar-refractivity contribution in [1.82, 2.24) is 20.3 Å². The quantitative estimate of drug-likeness (QED) is 0.328. The van der Waals surface area contributed by atoms with Gasteiger partial charge in [-0.05, 0) is 55.5 Å². The summed E-state index contributed by atoms with van der Waals surface area (Å²) in [5.74, 6) is -0.0779. The molecule has 0 fully saturated rings. The van der Waals surface area contributed by atoms with Gasteiger partial charge in [0.15, 0.2) is 6.61 Å². The summed E-state index contributed by atoms with van der Waals surface area (Å²) in [6.45, 7) is -0.382. The summed E-state index contributed by atoms with van der Waals surface area (Å²) in [6.07, 6.45) is -1.22. The fourth-order valence-electron chi connectivity index (χ4n) is 4.03. The maximum absolute atomic E-state index is 12.9. The molecule has 0 saturated carbocycles. The molecule has 2 aliphatic rings. The van der Waals surface area contributed by atoms with E-state index >= 15 is 0 Å². The zero-order chi connectivity index (χ0) is 31.4. The second-order valence-corrected chi connectivity index (χ2v) is 9.70. The van der Waals surface area contributed by atoms with Crippen molar-refractivity contribution < 1.29 is 41.7 Å². The van der Waals surface area contributed by atoms with Gasteiger partial charge in [-0.25, -0.2) is 0 Å². The first-order valence-corrected chi connectivity index (χ1v) is 14.0. The Kier molecular flexibility index (Phi) is 11.4. The van der Waals surface area contributed by atoms with Crippen LogP contribution in [0.3, 0.4) is 0 Å². The van der Waals surface area contributed by atoms with Crippen LogP contribution in [0.4, 0.5) is 30.8 Å². The van der Waals surface area contributed by atoms with Crippen LogP contribution in [0.2, 0.25) is 0 Å². The van der Waals surface area contributed by atoms with E-state index in [9.17, 15) is 22.8 Å². The normalized spacial score (nSPS) is 14.0. The lowest BCUT2D eigenvalue weighted by Gasteiger charge is -2.15. The summed E-state index contributed by atoms with van der Waals surface area (Å²) >= 11 is 0. The van der Waals surface area contributed by atoms with Gasteiger partial charge >= 0.3 is 18.2 Å². The molecule has 236 valence electrons. The molecule has 5 rings (SSSR count). The summed E-state index contributed by atoms with van der Waals surface area (Å²) in [6, 6.07) is 11.5. The number of nitrogens with one attached hydrogen (secondary N) is 3. The van der Waals surface area contributed by atoms with E-state index in [-0.39, 0.29) is 42.7 Å². The second kappa shape index (κ2) is 15.6. The molecule has 0 saturated heterocycles. The topological polar surface area (TPSA) is 146 Å². The van der Waals surface area contributed by atoms with Crippen LogP contribution in [0.15, 0.2) is 42.5 Å². The van der Waals surface area contributed by atoms with Gasteiger partial charge in [0.2, 0.25) is 11.9 Å². The Morgan fingerprint density at radius 1 is 0.955 bits per heavy atom. The highest BCUT2D eigenvalue weighted by molar-refractivity contribution is 5.97. The molecule has 44 heavy (non-hydrogen) atoms. The predicted molar refractivity (Wildman–Crippen MR) is 153 cm³/mol. The highest BCUT2D eigenvalue weighted by Crippen LogP contribution is 2.27. The standard InChI is InChI=1S/C29H33F3N6O6/c1-41-24(39)12-13-33-25(40)22-11-8-20-16-23(22)43-15-5-3-2-4-14-42-21-9-6-19(7-10-21)17-34-26-36-27(35-20)38-28(37-26)44-18-29(30,31)32/h6-11,16H,2-5,12-15,17-18H2,1H3,(H,33,40)(H2,34,35,36,37,38). The number of anilines is 3. The average Bonchev–Trinajstić information content (AvgIpc) is 3.00. The van der Waals surface area contributed by atoms with Crippen molar-refractivity contribution in [3.05, 3.63) is 53.6 Å². The van der Waals surface area contributed by atoms with Crippen LogP contribution in [0, 0.1) is 0 Å². The van der Waals surface area contributed by atoms with E-state index in [0.717, 1.165) is 31.2 Å². The number of benzene rings is 2. The summed E-state index contributed by atoms with van der Waals surface area (Å²) in [4.78, 5) is 36.6. The zero-order valence-electron chi connectivity index (χ0n) is 24.0. The van der Waals surface area contributed by atoms with Crippen LogP contribution >= 0.6 is 0 Å². The van der Waals surface area contributed by atoms with Crippen LogP contribution in [0.5, 0.6) is 17.5 Å². The van der Waals surface area contributed by atoms with E-state index in [1.165, 1.54) is 13.2 Å². The van der Waals surface area contributed by atoms with E-state index in [4.69, 9.17) is 14.2 Å². The largest absolute Gasteiger partial charge is 0.494 e.